The fraction of sp³-hybridized carbons (Fsp3) is 1.00. The van der Waals surface area contributed by atoms with Crippen LogP contribution in [0.25, 0.3) is 0 Å². The van der Waals surface area contributed by atoms with Gasteiger partial charge in [0.15, 0.2) is 0 Å². The minimum absolute atomic E-state index is 0.408. The smallest absolute Gasteiger partial charge is 0.0942 e. The highest BCUT2D eigenvalue weighted by Gasteiger charge is 2.49. The van der Waals surface area contributed by atoms with E-state index in [0.29, 0.717) is 11.5 Å². The molecule has 0 bridgehead atoms. The molecule has 3 unspecified atom stereocenters. The maximum atomic E-state index is 6.53. The van der Waals surface area contributed by atoms with Crippen molar-refractivity contribution in [2.45, 2.75) is 85.2 Å². The number of nitrogens with two attached hydrogens (primary N) is 1. The molecule has 0 aromatic heterocycles. The molecule has 1 heterocycles. The minimum atomic E-state index is 0.408. The fourth-order valence-corrected chi connectivity index (χ4v) is 5.14. The average molecular weight is 296 g/mol. The molecular weight excluding hydrogens is 256 g/mol. The summed E-state index contributed by atoms with van der Waals surface area (Å²) in [5.74, 6) is 1.81. The van der Waals surface area contributed by atoms with E-state index in [9.17, 15) is 0 Å². The zero-order chi connectivity index (χ0) is 15.7. The first-order valence-electron chi connectivity index (χ1n) is 9.35. The Morgan fingerprint density at radius 3 is 2.29 bits per heavy atom. The van der Waals surface area contributed by atoms with Gasteiger partial charge >= 0.3 is 0 Å². The van der Waals surface area contributed by atoms with Crippen LogP contribution in [-0.4, -0.2) is 36.2 Å². The van der Waals surface area contributed by atoms with E-state index in [1.165, 1.54) is 62.6 Å². The molecule has 0 aromatic rings. The summed E-state index contributed by atoms with van der Waals surface area (Å²) in [5.41, 5.74) is 6.93. The molecule has 0 amide bonds. The lowest BCUT2D eigenvalue weighted by Crippen LogP contribution is -2.69. The van der Waals surface area contributed by atoms with Crippen molar-refractivity contribution in [3.63, 3.8) is 0 Å². The maximum Gasteiger partial charge on any atom is 0.0942 e. The van der Waals surface area contributed by atoms with E-state index in [1.807, 2.05) is 0 Å². The van der Waals surface area contributed by atoms with E-state index < -0.39 is 0 Å². The van der Waals surface area contributed by atoms with Crippen molar-refractivity contribution < 1.29 is 4.48 Å². The zero-order valence-corrected chi connectivity index (χ0v) is 15.2. The molecule has 3 atom stereocenters. The van der Waals surface area contributed by atoms with Gasteiger partial charge in [0.25, 0.3) is 0 Å². The third-order valence-corrected chi connectivity index (χ3v) is 5.73. The molecule has 2 rings (SSSR count). The predicted octanol–water partition coefficient (Wildman–Crippen LogP) is 4.19. The number of hydrogen-bond acceptors (Lipinski definition) is 1. The van der Waals surface area contributed by atoms with Crippen LogP contribution in [0.5, 0.6) is 0 Å². The van der Waals surface area contributed by atoms with Crippen molar-refractivity contribution >= 4 is 0 Å². The van der Waals surface area contributed by atoms with Crippen LogP contribution in [0.3, 0.4) is 0 Å². The molecule has 1 aliphatic carbocycles. The number of rotatable bonds is 5. The number of unbranched alkanes of at least 4 members (excludes halogenated alkanes) is 1. The van der Waals surface area contributed by atoms with E-state index in [4.69, 9.17) is 5.73 Å². The molecular formula is C19H39N2+. The van der Waals surface area contributed by atoms with Gasteiger partial charge in [-0.3, -0.25) is 0 Å². The summed E-state index contributed by atoms with van der Waals surface area (Å²) in [7, 11) is 0. The minimum Gasteiger partial charge on any atom is -0.323 e. The first-order chi connectivity index (χ1) is 9.74. The molecule has 2 heteroatoms. The fourth-order valence-electron chi connectivity index (χ4n) is 5.14. The first-order valence-corrected chi connectivity index (χ1v) is 9.35. The van der Waals surface area contributed by atoms with E-state index in [1.54, 1.807) is 0 Å². The molecule has 2 N–H and O–H groups in total. The summed E-state index contributed by atoms with van der Waals surface area (Å²) in [6.07, 6.45) is 8.25. The van der Waals surface area contributed by atoms with Gasteiger partial charge in [0.2, 0.25) is 0 Å². The summed E-state index contributed by atoms with van der Waals surface area (Å²) < 4.78 is 1.34. The van der Waals surface area contributed by atoms with E-state index in [2.05, 4.69) is 34.6 Å². The van der Waals surface area contributed by atoms with Crippen LogP contribution in [0.15, 0.2) is 0 Å². The van der Waals surface area contributed by atoms with E-state index >= 15 is 0 Å². The largest absolute Gasteiger partial charge is 0.323 e. The molecule has 1 aliphatic heterocycles. The van der Waals surface area contributed by atoms with Crippen molar-refractivity contribution in [2.24, 2.45) is 23.0 Å². The molecule has 0 radical (unpaired) electrons. The standard InChI is InChI=1S/C19H39N2/c1-6-7-8-16-11-17(20)13-21(12-16,14-19(3,4)5)18-9-15(2)10-18/h15-18H,6-14,20H2,1-5H3/q+1. The Hall–Kier alpha value is -0.0800. The van der Waals surface area contributed by atoms with Gasteiger partial charge in [-0.1, -0.05) is 47.5 Å². The van der Waals surface area contributed by atoms with Gasteiger partial charge in [0, 0.05) is 24.2 Å². The van der Waals surface area contributed by atoms with Crippen LogP contribution < -0.4 is 5.73 Å². The molecule has 2 nitrogen and oxygen atoms in total. The normalized spacial score (nSPS) is 40.9. The van der Waals surface area contributed by atoms with Crippen LogP contribution in [-0.2, 0) is 0 Å². The SMILES string of the molecule is CCCCC1CC(N)C[N+](CC(C)(C)C)(C2CC(C)C2)C1. The summed E-state index contributed by atoms with van der Waals surface area (Å²) >= 11 is 0. The lowest BCUT2D eigenvalue weighted by molar-refractivity contribution is -0.970. The Morgan fingerprint density at radius 2 is 1.76 bits per heavy atom. The lowest BCUT2D eigenvalue weighted by atomic mass is 9.75. The molecule has 21 heavy (non-hydrogen) atoms. The van der Waals surface area contributed by atoms with Gasteiger partial charge in [-0.2, -0.15) is 0 Å². The number of piperidine rings is 1. The van der Waals surface area contributed by atoms with Crippen LogP contribution in [0, 0.1) is 17.3 Å². The van der Waals surface area contributed by atoms with Gasteiger partial charge < -0.3 is 10.2 Å². The summed E-state index contributed by atoms with van der Waals surface area (Å²) in [5, 5.41) is 0. The topological polar surface area (TPSA) is 26.0 Å². The van der Waals surface area contributed by atoms with Crippen LogP contribution >= 0.6 is 0 Å². The Morgan fingerprint density at radius 1 is 1.10 bits per heavy atom. The van der Waals surface area contributed by atoms with Crippen molar-refractivity contribution in [1.29, 1.82) is 0 Å². The highest BCUT2D eigenvalue weighted by molar-refractivity contribution is 4.85. The van der Waals surface area contributed by atoms with Gasteiger partial charge in [-0.05, 0) is 18.8 Å². The number of likely N-dealkylation sites (tertiary alicyclic amines) is 1. The molecule has 0 aromatic carbocycles. The number of nitrogens with zero attached hydrogens (tertiary/aromatic N) is 1. The summed E-state index contributed by atoms with van der Waals surface area (Å²) in [6.45, 7) is 15.9. The van der Waals surface area contributed by atoms with Gasteiger partial charge in [0.1, 0.15) is 0 Å². The van der Waals surface area contributed by atoms with E-state index in [0.717, 1.165) is 17.9 Å². The third kappa shape index (κ3) is 4.45. The average Bonchev–Trinajstić information content (AvgIpc) is 2.29. The highest BCUT2D eigenvalue weighted by Crippen LogP contribution is 2.42. The summed E-state index contributed by atoms with van der Waals surface area (Å²) in [6, 6.07) is 1.33. The zero-order valence-electron chi connectivity index (χ0n) is 15.2. The van der Waals surface area contributed by atoms with Gasteiger partial charge in [0.05, 0.1) is 31.7 Å². The first kappa shape index (κ1) is 17.3. The van der Waals surface area contributed by atoms with Crippen molar-refractivity contribution in [3.05, 3.63) is 0 Å². The number of hydrogen-bond donors (Lipinski definition) is 1. The maximum absolute atomic E-state index is 6.53. The quantitative estimate of drug-likeness (QED) is 0.756. The summed E-state index contributed by atoms with van der Waals surface area (Å²) in [4.78, 5) is 0. The van der Waals surface area contributed by atoms with Crippen molar-refractivity contribution in [2.75, 3.05) is 19.6 Å². The Labute approximate surface area is 133 Å². The second kappa shape index (κ2) is 6.58. The molecule has 1 saturated carbocycles. The molecule has 2 aliphatic rings. The second-order valence-electron chi connectivity index (χ2n) is 9.54. The van der Waals surface area contributed by atoms with Gasteiger partial charge in [-0.25, -0.2) is 0 Å². The molecule has 124 valence electrons. The lowest BCUT2D eigenvalue weighted by Gasteiger charge is -2.57. The van der Waals surface area contributed by atoms with Gasteiger partial charge in [-0.15, -0.1) is 0 Å². The van der Waals surface area contributed by atoms with E-state index in [-0.39, 0.29) is 0 Å². The van der Waals surface area contributed by atoms with Crippen LogP contribution in [0.4, 0.5) is 0 Å². The number of quaternary nitrogens is 1. The van der Waals surface area contributed by atoms with Crippen LogP contribution in [0.1, 0.15) is 73.1 Å². The van der Waals surface area contributed by atoms with Crippen molar-refractivity contribution in [3.8, 4) is 0 Å². The predicted molar refractivity (Wildman–Crippen MR) is 92.1 cm³/mol. The van der Waals surface area contributed by atoms with Crippen molar-refractivity contribution in [1.82, 2.24) is 0 Å². The Kier molecular flexibility index (Phi) is 5.41. The second-order valence-corrected chi connectivity index (χ2v) is 9.54. The monoisotopic (exact) mass is 295 g/mol. The van der Waals surface area contributed by atoms with Crippen LogP contribution in [0.2, 0.25) is 0 Å². The third-order valence-electron chi connectivity index (χ3n) is 5.73. The Bertz CT molecular complexity index is 327. The molecule has 1 saturated heterocycles. The molecule has 0 spiro atoms. The highest BCUT2D eigenvalue weighted by atomic mass is 15.4. The Balaban J connectivity index is 2.13. The molecule has 2 fully saturated rings.